The van der Waals surface area contributed by atoms with Gasteiger partial charge in [-0.15, -0.1) is 0 Å². The summed E-state index contributed by atoms with van der Waals surface area (Å²) in [6.07, 6.45) is 3.88. The van der Waals surface area contributed by atoms with Crippen LogP contribution in [0.15, 0.2) is 0 Å². The Morgan fingerprint density at radius 2 is 2.17 bits per heavy atom. The predicted octanol–water partition coefficient (Wildman–Crippen LogP) is 0.792. The fraction of sp³-hybridized carbons (Fsp3) is 0.889. The lowest BCUT2D eigenvalue weighted by Crippen LogP contribution is -2.45. The molecule has 3 heteroatoms. The maximum Gasteiger partial charge on any atom is 0.0927 e. The minimum atomic E-state index is -0.255. The van der Waals surface area contributed by atoms with Gasteiger partial charge in [0.05, 0.1) is 18.2 Å². The molecule has 1 aliphatic rings. The second kappa shape index (κ2) is 4.44. The number of aliphatic hydroxyl groups is 1. The van der Waals surface area contributed by atoms with E-state index in [1.165, 1.54) is 0 Å². The van der Waals surface area contributed by atoms with Gasteiger partial charge in [0.15, 0.2) is 0 Å². The molecule has 0 heterocycles. The zero-order valence-corrected chi connectivity index (χ0v) is 7.45. The van der Waals surface area contributed by atoms with Crippen LogP contribution in [0.3, 0.4) is 0 Å². The number of hydrogen-bond donors (Lipinski definition) is 2. The van der Waals surface area contributed by atoms with Gasteiger partial charge in [0.2, 0.25) is 0 Å². The third-order valence-electron chi connectivity index (χ3n) is 2.39. The summed E-state index contributed by atoms with van der Waals surface area (Å²) in [6, 6.07) is 2.09. The van der Waals surface area contributed by atoms with Crippen molar-refractivity contribution in [3.8, 4) is 6.07 Å². The van der Waals surface area contributed by atoms with E-state index in [2.05, 4.69) is 11.4 Å². The summed E-state index contributed by atoms with van der Waals surface area (Å²) in [5, 5.41) is 21.2. The molecule has 12 heavy (non-hydrogen) atoms. The molecule has 0 aliphatic heterocycles. The summed E-state index contributed by atoms with van der Waals surface area (Å²) in [6.45, 7) is 1.82. The summed E-state index contributed by atoms with van der Waals surface area (Å²) in [7, 11) is 0. The molecule has 1 rings (SSSR count). The number of hydrogen-bond acceptors (Lipinski definition) is 3. The number of nitriles is 1. The first kappa shape index (κ1) is 9.50. The van der Waals surface area contributed by atoms with Crippen molar-refractivity contribution in [1.29, 1.82) is 5.26 Å². The average Bonchev–Trinajstić information content (AvgIpc) is 2.09. The molecule has 0 aromatic rings. The molecule has 2 N–H and O–H groups in total. The molecule has 1 fully saturated rings. The van der Waals surface area contributed by atoms with E-state index >= 15 is 0 Å². The molecule has 68 valence electrons. The lowest BCUT2D eigenvalue weighted by Gasteiger charge is -2.29. The molecule has 0 aromatic carbocycles. The van der Waals surface area contributed by atoms with Crippen molar-refractivity contribution in [2.75, 3.05) is 0 Å². The second-order valence-corrected chi connectivity index (χ2v) is 3.48. The molecule has 3 nitrogen and oxygen atoms in total. The molecular formula is C9H16N2O. The highest BCUT2D eigenvalue weighted by Gasteiger charge is 2.23. The van der Waals surface area contributed by atoms with E-state index in [0.29, 0.717) is 0 Å². The Labute approximate surface area is 73.4 Å². The maximum atomic E-state index is 9.54. The first-order valence-corrected chi connectivity index (χ1v) is 4.58. The van der Waals surface area contributed by atoms with Gasteiger partial charge in [0.25, 0.3) is 0 Å². The molecule has 0 radical (unpaired) electrons. The van der Waals surface area contributed by atoms with Crippen molar-refractivity contribution in [3.05, 3.63) is 0 Å². The Bertz CT molecular complexity index is 176. The Balaban J connectivity index is 2.35. The van der Waals surface area contributed by atoms with Crippen LogP contribution < -0.4 is 5.32 Å². The number of nitrogens with one attached hydrogen (secondary N) is 1. The first-order chi connectivity index (χ1) is 5.74. The molecule has 3 unspecified atom stereocenters. The number of rotatable bonds is 2. The Hall–Kier alpha value is -0.590. The summed E-state index contributed by atoms with van der Waals surface area (Å²) in [5.41, 5.74) is 0. The smallest absolute Gasteiger partial charge is 0.0927 e. The van der Waals surface area contributed by atoms with Gasteiger partial charge in [-0.25, -0.2) is 0 Å². The average molecular weight is 168 g/mol. The normalized spacial score (nSPS) is 32.4. The summed E-state index contributed by atoms with van der Waals surface area (Å²) >= 11 is 0. The van der Waals surface area contributed by atoms with Crippen molar-refractivity contribution < 1.29 is 5.11 Å². The standard InChI is InChI=1S/C9H16N2O/c1-7(6-10)11-8-4-2-3-5-9(8)12/h7-9,11-12H,2-5H2,1H3. The largest absolute Gasteiger partial charge is 0.392 e. The number of nitrogens with zero attached hydrogens (tertiary/aromatic N) is 1. The maximum absolute atomic E-state index is 9.54. The van der Waals surface area contributed by atoms with Crippen LogP contribution in [0.1, 0.15) is 32.6 Å². The highest BCUT2D eigenvalue weighted by atomic mass is 16.3. The molecule has 0 spiro atoms. The van der Waals surface area contributed by atoms with E-state index in [-0.39, 0.29) is 18.2 Å². The first-order valence-electron chi connectivity index (χ1n) is 4.58. The van der Waals surface area contributed by atoms with Crippen LogP contribution in [-0.4, -0.2) is 23.3 Å². The molecule has 3 atom stereocenters. The zero-order valence-electron chi connectivity index (χ0n) is 7.45. The van der Waals surface area contributed by atoms with E-state index in [9.17, 15) is 5.11 Å². The summed E-state index contributed by atoms with van der Waals surface area (Å²) in [4.78, 5) is 0. The van der Waals surface area contributed by atoms with E-state index in [4.69, 9.17) is 5.26 Å². The Morgan fingerprint density at radius 3 is 2.75 bits per heavy atom. The van der Waals surface area contributed by atoms with Crippen molar-refractivity contribution in [2.24, 2.45) is 0 Å². The molecule has 0 aromatic heterocycles. The predicted molar refractivity (Wildman–Crippen MR) is 46.5 cm³/mol. The van der Waals surface area contributed by atoms with Crippen LogP contribution in [0.5, 0.6) is 0 Å². The van der Waals surface area contributed by atoms with Crippen molar-refractivity contribution in [2.45, 2.75) is 50.8 Å². The van der Waals surface area contributed by atoms with Crippen molar-refractivity contribution >= 4 is 0 Å². The van der Waals surface area contributed by atoms with Gasteiger partial charge in [-0.2, -0.15) is 5.26 Å². The fourth-order valence-corrected chi connectivity index (χ4v) is 1.66. The highest BCUT2D eigenvalue weighted by Crippen LogP contribution is 2.18. The third-order valence-corrected chi connectivity index (χ3v) is 2.39. The van der Waals surface area contributed by atoms with E-state index < -0.39 is 0 Å². The van der Waals surface area contributed by atoms with Crippen LogP contribution in [0, 0.1) is 11.3 Å². The van der Waals surface area contributed by atoms with Crippen LogP contribution in [-0.2, 0) is 0 Å². The quantitative estimate of drug-likeness (QED) is 0.641. The molecule has 0 amide bonds. The van der Waals surface area contributed by atoms with E-state index in [1.54, 1.807) is 0 Å². The van der Waals surface area contributed by atoms with Gasteiger partial charge in [0, 0.05) is 6.04 Å². The van der Waals surface area contributed by atoms with Gasteiger partial charge in [-0.1, -0.05) is 12.8 Å². The molecule has 1 saturated carbocycles. The van der Waals surface area contributed by atoms with E-state index in [1.807, 2.05) is 6.92 Å². The molecular weight excluding hydrogens is 152 g/mol. The van der Waals surface area contributed by atoms with Gasteiger partial charge in [-0.3, -0.25) is 5.32 Å². The fourth-order valence-electron chi connectivity index (χ4n) is 1.66. The van der Waals surface area contributed by atoms with Crippen LogP contribution >= 0.6 is 0 Å². The van der Waals surface area contributed by atoms with Gasteiger partial charge >= 0.3 is 0 Å². The number of aliphatic hydroxyl groups excluding tert-OH is 1. The van der Waals surface area contributed by atoms with Crippen LogP contribution in [0.25, 0.3) is 0 Å². The zero-order chi connectivity index (χ0) is 8.97. The minimum Gasteiger partial charge on any atom is -0.392 e. The highest BCUT2D eigenvalue weighted by molar-refractivity contribution is 4.91. The Kier molecular flexibility index (Phi) is 3.51. The van der Waals surface area contributed by atoms with Gasteiger partial charge in [-0.05, 0) is 19.8 Å². The van der Waals surface area contributed by atoms with Crippen LogP contribution in [0.2, 0.25) is 0 Å². The lowest BCUT2D eigenvalue weighted by atomic mass is 9.92. The topological polar surface area (TPSA) is 56.0 Å². The third kappa shape index (κ3) is 2.47. The molecule has 0 bridgehead atoms. The van der Waals surface area contributed by atoms with Gasteiger partial charge < -0.3 is 5.11 Å². The molecule has 1 aliphatic carbocycles. The van der Waals surface area contributed by atoms with Crippen molar-refractivity contribution in [1.82, 2.24) is 5.32 Å². The van der Waals surface area contributed by atoms with Crippen molar-refractivity contribution in [3.63, 3.8) is 0 Å². The SMILES string of the molecule is CC(C#N)NC1CCCCC1O. The monoisotopic (exact) mass is 168 g/mol. The minimum absolute atomic E-state index is 0.133. The lowest BCUT2D eigenvalue weighted by molar-refractivity contribution is 0.0889. The second-order valence-electron chi connectivity index (χ2n) is 3.48. The van der Waals surface area contributed by atoms with Crippen LogP contribution in [0.4, 0.5) is 0 Å². The molecule has 0 saturated heterocycles. The Morgan fingerprint density at radius 1 is 1.50 bits per heavy atom. The van der Waals surface area contributed by atoms with E-state index in [0.717, 1.165) is 25.7 Å². The summed E-state index contributed by atoms with van der Waals surface area (Å²) < 4.78 is 0. The van der Waals surface area contributed by atoms with Gasteiger partial charge in [0.1, 0.15) is 0 Å². The summed E-state index contributed by atoms with van der Waals surface area (Å²) in [5.74, 6) is 0.